The van der Waals surface area contributed by atoms with Crippen molar-refractivity contribution in [1.82, 2.24) is 9.62 Å². The molecule has 0 atom stereocenters. The van der Waals surface area contributed by atoms with Gasteiger partial charge in [-0.05, 0) is 45.1 Å². The van der Waals surface area contributed by atoms with E-state index in [2.05, 4.69) is 5.32 Å². The van der Waals surface area contributed by atoms with Crippen LogP contribution in [-0.2, 0) is 14.8 Å². The first-order chi connectivity index (χ1) is 9.70. The van der Waals surface area contributed by atoms with Gasteiger partial charge in [-0.25, -0.2) is 8.42 Å². The second-order valence-electron chi connectivity index (χ2n) is 6.35. The lowest BCUT2D eigenvalue weighted by Gasteiger charge is -2.32. The molecule has 118 valence electrons. The summed E-state index contributed by atoms with van der Waals surface area (Å²) in [4.78, 5) is 12.1. The van der Waals surface area contributed by atoms with Crippen molar-refractivity contribution in [2.45, 2.75) is 43.4 Å². The Balaban J connectivity index is 1.96. The van der Waals surface area contributed by atoms with Gasteiger partial charge in [0.2, 0.25) is 5.91 Å². The summed E-state index contributed by atoms with van der Waals surface area (Å²) in [5.74, 6) is -0.0744. The van der Waals surface area contributed by atoms with E-state index in [1.54, 1.807) is 17.5 Å². The summed E-state index contributed by atoms with van der Waals surface area (Å²) in [7, 11) is -3.38. The quantitative estimate of drug-likeness (QED) is 0.922. The Bertz CT molecular complexity index is 580. The van der Waals surface area contributed by atoms with Gasteiger partial charge in [-0.15, -0.1) is 11.3 Å². The number of rotatable bonds is 3. The molecule has 1 saturated heterocycles. The maximum absolute atomic E-state index is 12.4. The third-order valence-electron chi connectivity index (χ3n) is 3.41. The number of sulfonamides is 1. The van der Waals surface area contributed by atoms with Crippen molar-refractivity contribution < 1.29 is 13.2 Å². The van der Waals surface area contributed by atoms with Gasteiger partial charge in [0.1, 0.15) is 4.21 Å². The summed E-state index contributed by atoms with van der Waals surface area (Å²) < 4.78 is 26.6. The molecule has 0 radical (unpaired) electrons. The summed E-state index contributed by atoms with van der Waals surface area (Å²) in [6, 6.07) is 3.36. The summed E-state index contributed by atoms with van der Waals surface area (Å²) in [6.07, 6.45) is 1.15. The smallest absolute Gasteiger partial charge is 0.252 e. The van der Waals surface area contributed by atoms with Crippen molar-refractivity contribution in [2.75, 3.05) is 13.1 Å². The van der Waals surface area contributed by atoms with E-state index in [1.165, 1.54) is 15.6 Å². The number of amides is 1. The van der Waals surface area contributed by atoms with E-state index in [1.807, 2.05) is 20.8 Å². The van der Waals surface area contributed by atoms with Crippen LogP contribution in [0.1, 0.15) is 33.6 Å². The van der Waals surface area contributed by atoms with Crippen LogP contribution in [0.4, 0.5) is 0 Å². The molecule has 0 aliphatic carbocycles. The van der Waals surface area contributed by atoms with E-state index < -0.39 is 10.0 Å². The van der Waals surface area contributed by atoms with Gasteiger partial charge in [0, 0.05) is 24.5 Å². The Labute approximate surface area is 130 Å². The zero-order valence-corrected chi connectivity index (χ0v) is 14.3. The Kier molecular flexibility index (Phi) is 4.75. The molecule has 0 aromatic carbocycles. The Hall–Kier alpha value is -0.920. The SMILES string of the molecule is CC(C)(C)NC(=O)C1CCN(S(=O)(=O)c2cccs2)CC1. The number of hydrogen-bond acceptors (Lipinski definition) is 4. The van der Waals surface area contributed by atoms with Crippen LogP contribution in [0, 0.1) is 5.92 Å². The zero-order chi connectivity index (χ0) is 15.7. The molecular weight excluding hydrogens is 308 g/mol. The second-order valence-corrected chi connectivity index (χ2v) is 9.46. The monoisotopic (exact) mass is 330 g/mol. The number of nitrogens with one attached hydrogen (secondary N) is 1. The van der Waals surface area contributed by atoms with Gasteiger partial charge in [0.15, 0.2) is 0 Å². The van der Waals surface area contributed by atoms with Crippen LogP contribution in [0.2, 0.25) is 0 Å². The molecule has 2 heterocycles. The van der Waals surface area contributed by atoms with Gasteiger partial charge in [0.25, 0.3) is 10.0 Å². The second kappa shape index (κ2) is 6.06. The molecule has 0 unspecified atom stereocenters. The largest absolute Gasteiger partial charge is 0.351 e. The Morgan fingerprint density at radius 3 is 2.43 bits per heavy atom. The molecule has 0 spiro atoms. The highest BCUT2D eigenvalue weighted by Crippen LogP contribution is 2.26. The van der Waals surface area contributed by atoms with Crippen molar-refractivity contribution in [3.63, 3.8) is 0 Å². The van der Waals surface area contributed by atoms with Crippen LogP contribution < -0.4 is 5.32 Å². The highest BCUT2D eigenvalue weighted by atomic mass is 32.2. The third-order valence-corrected chi connectivity index (χ3v) is 6.68. The molecular formula is C14H22N2O3S2. The van der Waals surface area contributed by atoms with Crippen molar-refractivity contribution >= 4 is 27.3 Å². The van der Waals surface area contributed by atoms with Crippen LogP contribution in [-0.4, -0.2) is 37.3 Å². The molecule has 0 saturated carbocycles. The van der Waals surface area contributed by atoms with E-state index in [4.69, 9.17) is 0 Å². The van der Waals surface area contributed by atoms with Gasteiger partial charge in [-0.1, -0.05) is 6.07 Å². The molecule has 7 heteroatoms. The topological polar surface area (TPSA) is 66.5 Å². The average molecular weight is 330 g/mol. The molecule has 1 aliphatic heterocycles. The minimum atomic E-state index is -3.38. The number of carbonyl (C=O) groups excluding carboxylic acids is 1. The van der Waals surface area contributed by atoms with Crippen molar-refractivity contribution in [1.29, 1.82) is 0 Å². The molecule has 5 nitrogen and oxygen atoms in total. The van der Waals surface area contributed by atoms with Crippen molar-refractivity contribution in [2.24, 2.45) is 5.92 Å². The minimum Gasteiger partial charge on any atom is -0.351 e. The molecule has 1 fully saturated rings. The minimum absolute atomic E-state index is 0.0238. The fourth-order valence-corrected chi connectivity index (χ4v) is 4.98. The number of hydrogen-bond donors (Lipinski definition) is 1. The van der Waals surface area contributed by atoms with Gasteiger partial charge >= 0.3 is 0 Å². The maximum atomic E-state index is 12.4. The van der Waals surface area contributed by atoms with Crippen molar-refractivity contribution in [3.8, 4) is 0 Å². The number of nitrogens with zero attached hydrogens (tertiary/aromatic N) is 1. The summed E-state index contributed by atoms with van der Waals surface area (Å²) in [5, 5.41) is 4.73. The van der Waals surface area contributed by atoms with Crippen LogP contribution in [0.3, 0.4) is 0 Å². The first-order valence-electron chi connectivity index (χ1n) is 7.06. The van der Waals surface area contributed by atoms with Crippen molar-refractivity contribution in [3.05, 3.63) is 17.5 Å². The van der Waals surface area contributed by atoms with E-state index in [0.717, 1.165) is 0 Å². The van der Waals surface area contributed by atoms with Crippen LogP contribution in [0.5, 0.6) is 0 Å². The fourth-order valence-electron chi connectivity index (χ4n) is 2.37. The maximum Gasteiger partial charge on any atom is 0.252 e. The van der Waals surface area contributed by atoms with E-state index >= 15 is 0 Å². The number of piperidine rings is 1. The predicted molar refractivity (Wildman–Crippen MR) is 83.7 cm³/mol. The Morgan fingerprint density at radius 1 is 1.33 bits per heavy atom. The lowest BCUT2D eigenvalue weighted by atomic mass is 9.96. The molecule has 0 bridgehead atoms. The van der Waals surface area contributed by atoms with Gasteiger partial charge < -0.3 is 5.32 Å². The van der Waals surface area contributed by atoms with Gasteiger partial charge in [-0.3, -0.25) is 4.79 Å². The summed E-state index contributed by atoms with van der Waals surface area (Å²) >= 11 is 1.23. The first-order valence-corrected chi connectivity index (χ1v) is 9.38. The number of thiophene rings is 1. The van der Waals surface area contributed by atoms with Gasteiger partial charge in [-0.2, -0.15) is 4.31 Å². The normalized spacial score (nSPS) is 18.6. The van der Waals surface area contributed by atoms with Crippen LogP contribution in [0.25, 0.3) is 0 Å². The lowest BCUT2D eigenvalue weighted by molar-refractivity contribution is -0.127. The molecule has 1 aromatic rings. The van der Waals surface area contributed by atoms with E-state index in [-0.39, 0.29) is 17.4 Å². The lowest BCUT2D eigenvalue weighted by Crippen LogP contribution is -2.47. The molecule has 1 aliphatic rings. The molecule has 1 amide bonds. The van der Waals surface area contributed by atoms with E-state index in [0.29, 0.717) is 30.1 Å². The standard InChI is InChI=1S/C14H22N2O3S2/c1-14(2,3)15-13(17)11-6-8-16(9-7-11)21(18,19)12-5-4-10-20-12/h4-5,10-11H,6-9H2,1-3H3,(H,15,17). The molecule has 1 aromatic heterocycles. The third kappa shape index (κ3) is 4.05. The summed E-state index contributed by atoms with van der Waals surface area (Å²) in [5.41, 5.74) is -0.253. The average Bonchev–Trinajstić information content (AvgIpc) is 2.91. The zero-order valence-electron chi connectivity index (χ0n) is 12.6. The highest BCUT2D eigenvalue weighted by Gasteiger charge is 2.33. The molecule has 1 N–H and O–H groups in total. The molecule has 21 heavy (non-hydrogen) atoms. The highest BCUT2D eigenvalue weighted by molar-refractivity contribution is 7.91. The first kappa shape index (κ1) is 16.5. The van der Waals surface area contributed by atoms with Crippen LogP contribution >= 0.6 is 11.3 Å². The fraction of sp³-hybridized carbons (Fsp3) is 0.643. The molecule has 2 rings (SSSR count). The predicted octanol–water partition coefficient (Wildman–Crippen LogP) is 2.06. The summed E-state index contributed by atoms with van der Waals surface area (Å²) in [6.45, 7) is 6.65. The Morgan fingerprint density at radius 2 is 1.95 bits per heavy atom. The van der Waals surface area contributed by atoms with Crippen LogP contribution in [0.15, 0.2) is 21.7 Å². The van der Waals surface area contributed by atoms with E-state index in [9.17, 15) is 13.2 Å². The van der Waals surface area contributed by atoms with Gasteiger partial charge in [0.05, 0.1) is 0 Å². The number of carbonyl (C=O) groups is 1.